The molecule has 0 aliphatic rings. The fourth-order valence-corrected chi connectivity index (χ4v) is 3.10. The first-order valence-corrected chi connectivity index (χ1v) is 6.42. The third kappa shape index (κ3) is 3.74. The molecule has 2 N–H and O–H groups in total. The van der Waals surface area contributed by atoms with E-state index in [-0.39, 0.29) is 21.6 Å². The average molecular weight is 271 g/mol. The van der Waals surface area contributed by atoms with Crippen molar-refractivity contribution in [2.75, 3.05) is 6.54 Å². The molecule has 0 aliphatic heterocycles. The van der Waals surface area contributed by atoms with E-state index in [1.165, 1.54) is 0 Å². The van der Waals surface area contributed by atoms with Crippen LogP contribution in [0.25, 0.3) is 0 Å². The zero-order chi connectivity index (χ0) is 11.5. The SMILES string of the molecule is O=C(O)CCNS(=O)(=O)c1cnc(Cl)s1. The minimum atomic E-state index is -3.68. The lowest BCUT2D eigenvalue weighted by molar-refractivity contribution is -0.136. The van der Waals surface area contributed by atoms with Gasteiger partial charge >= 0.3 is 5.97 Å². The summed E-state index contributed by atoms with van der Waals surface area (Å²) in [4.78, 5) is 13.7. The van der Waals surface area contributed by atoms with Crippen LogP contribution in [0, 0.1) is 0 Å². The van der Waals surface area contributed by atoms with E-state index in [4.69, 9.17) is 16.7 Å². The first-order chi connectivity index (χ1) is 6.92. The number of carboxylic acid groups (broad SMARTS) is 1. The van der Waals surface area contributed by atoms with Crippen LogP contribution in [-0.2, 0) is 14.8 Å². The van der Waals surface area contributed by atoms with Crippen LogP contribution >= 0.6 is 22.9 Å². The van der Waals surface area contributed by atoms with E-state index in [2.05, 4.69) is 9.71 Å². The van der Waals surface area contributed by atoms with Crippen molar-refractivity contribution >= 4 is 38.9 Å². The Morgan fingerprint density at radius 3 is 2.80 bits per heavy atom. The number of rotatable bonds is 5. The number of aromatic nitrogens is 1. The zero-order valence-electron chi connectivity index (χ0n) is 7.31. The fourth-order valence-electron chi connectivity index (χ4n) is 0.727. The highest BCUT2D eigenvalue weighted by Gasteiger charge is 2.17. The van der Waals surface area contributed by atoms with Gasteiger partial charge in [-0.05, 0) is 0 Å². The van der Waals surface area contributed by atoms with Gasteiger partial charge in [-0.1, -0.05) is 22.9 Å². The van der Waals surface area contributed by atoms with Crippen molar-refractivity contribution in [2.24, 2.45) is 0 Å². The van der Waals surface area contributed by atoms with E-state index >= 15 is 0 Å². The van der Waals surface area contributed by atoms with Crippen LogP contribution in [0.5, 0.6) is 0 Å². The van der Waals surface area contributed by atoms with Gasteiger partial charge in [0.1, 0.15) is 0 Å². The summed E-state index contributed by atoms with van der Waals surface area (Å²) >= 11 is 6.28. The molecule has 0 saturated carbocycles. The van der Waals surface area contributed by atoms with Crippen LogP contribution in [-0.4, -0.2) is 31.0 Å². The Morgan fingerprint density at radius 1 is 1.67 bits per heavy atom. The zero-order valence-corrected chi connectivity index (χ0v) is 9.69. The van der Waals surface area contributed by atoms with Gasteiger partial charge < -0.3 is 5.11 Å². The second kappa shape index (κ2) is 4.88. The Labute approximate surface area is 95.0 Å². The fraction of sp³-hybridized carbons (Fsp3) is 0.333. The molecule has 0 radical (unpaired) electrons. The van der Waals surface area contributed by atoms with Crippen molar-refractivity contribution in [3.63, 3.8) is 0 Å². The van der Waals surface area contributed by atoms with Crippen molar-refractivity contribution < 1.29 is 18.3 Å². The number of carbonyl (C=O) groups is 1. The van der Waals surface area contributed by atoms with E-state index in [1.54, 1.807) is 0 Å². The van der Waals surface area contributed by atoms with E-state index < -0.39 is 16.0 Å². The predicted octanol–water partition coefficient (Wildman–Crippen LogP) is 0.550. The third-order valence-corrected chi connectivity index (χ3v) is 4.39. The lowest BCUT2D eigenvalue weighted by Crippen LogP contribution is -2.25. The van der Waals surface area contributed by atoms with Gasteiger partial charge in [0.2, 0.25) is 0 Å². The molecule has 0 bridgehead atoms. The molecule has 1 heterocycles. The first-order valence-electron chi connectivity index (χ1n) is 3.74. The molecule has 0 amide bonds. The Hall–Kier alpha value is -0.700. The molecule has 0 aromatic carbocycles. The number of aliphatic carboxylic acids is 1. The second-order valence-electron chi connectivity index (χ2n) is 2.47. The van der Waals surface area contributed by atoms with Crippen molar-refractivity contribution in [3.8, 4) is 0 Å². The minimum Gasteiger partial charge on any atom is -0.481 e. The number of sulfonamides is 1. The van der Waals surface area contributed by atoms with Crippen molar-refractivity contribution in [1.29, 1.82) is 0 Å². The highest BCUT2D eigenvalue weighted by atomic mass is 35.5. The summed E-state index contributed by atoms with van der Waals surface area (Å²) in [6.45, 7) is -0.160. The molecule has 9 heteroatoms. The number of nitrogens with one attached hydrogen (secondary N) is 1. The first kappa shape index (κ1) is 12.4. The van der Waals surface area contributed by atoms with Gasteiger partial charge in [-0.2, -0.15) is 0 Å². The van der Waals surface area contributed by atoms with Crippen LogP contribution in [0.3, 0.4) is 0 Å². The molecule has 0 saturated heterocycles. The van der Waals surface area contributed by atoms with Gasteiger partial charge in [-0.15, -0.1) is 0 Å². The summed E-state index contributed by atoms with van der Waals surface area (Å²) in [7, 11) is -3.68. The summed E-state index contributed by atoms with van der Waals surface area (Å²) < 4.78 is 25.1. The molecule has 0 atom stereocenters. The topological polar surface area (TPSA) is 96.4 Å². The second-order valence-corrected chi connectivity index (χ2v) is 6.08. The number of carboxylic acids is 1. The van der Waals surface area contributed by atoms with Crippen molar-refractivity contribution in [3.05, 3.63) is 10.7 Å². The molecule has 15 heavy (non-hydrogen) atoms. The normalized spacial score (nSPS) is 11.5. The van der Waals surface area contributed by atoms with Gasteiger partial charge in [0.25, 0.3) is 10.0 Å². The average Bonchev–Trinajstić information content (AvgIpc) is 2.51. The molecule has 1 aromatic heterocycles. The smallest absolute Gasteiger partial charge is 0.304 e. The summed E-state index contributed by atoms with van der Waals surface area (Å²) in [6, 6.07) is 0. The Balaban J connectivity index is 2.64. The Morgan fingerprint density at radius 2 is 2.33 bits per heavy atom. The highest BCUT2D eigenvalue weighted by Crippen LogP contribution is 2.21. The van der Waals surface area contributed by atoms with E-state index in [9.17, 15) is 13.2 Å². The lowest BCUT2D eigenvalue weighted by atomic mass is 10.5. The monoisotopic (exact) mass is 270 g/mol. The largest absolute Gasteiger partial charge is 0.481 e. The maximum Gasteiger partial charge on any atom is 0.304 e. The molecular formula is C6H7ClN2O4S2. The van der Waals surface area contributed by atoms with Gasteiger partial charge in [0, 0.05) is 6.54 Å². The molecule has 84 valence electrons. The van der Waals surface area contributed by atoms with Crippen LogP contribution in [0.1, 0.15) is 6.42 Å². The van der Waals surface area contributed by atoms with Crippen LogP contribution in [0.15, 0.2) is 10.4 Å². The molecule has 0 unspecified atom stereocenters. The maximum atomic E-state index is 11.4. The molecular weight excluding hydrogens is 264 g/mol. The Bertz CT molecular complexity index is 455. The van der Waals surface area contributed by atoms with E-state index in [0.29, 0.717) is 0 Å². The number of thiazole rings is 1. The van der Waals surface area contributed by atoms with Gasteiger partial charge in [-0.3, -0.25) is 4.79 Å². The summed E-state index contributed by atoms with van der Waals surface area (Å²) in [5.41, 5.74) is 0. The number of nitrogens with zero attached hydrogens (tertiary/aromatic N) is 1. The van der Waals surface area contributed by atoms with Crippen LogP contribution < -0.4 is 4.72 Å². The molecule has 6 nitrogen and oxygen atoms in total. The summed E-state index contributed by atoms with van der Waals surface area (Å²) in [6.07, 6.45) is 0.849. The van der Waals surface area contributed by atoms with Crippen LogP contribution in [0.2, 0.25) is 4.47 Å². The molecule has 0 fully saturated rings. The molecule has 0 aliphatic carbocycles. The van der Waals surface area contributed by atoms with E-state index in [1.807, 2.05) is 0 Å². The van der Waals surface area contributed by atoms with Crippen LogP contribution in [0.4, 0.5) is 0 Å². The maximum absolute atomic E-state index is 11.4. The molecule has 1 rings (SSSR count). The predicted molar refractivity (Wildman–Crippen MR) is 54.6 cm³/mol. The molecule has 0 spiro atoms. The number of hydrogen-bond acceptors (Lipinski definition) is 5. The highest BCUT2D eigenvalue weighted by molar-refractivity contribution is 7.91. The summed E-state index contributed by atoms with van der Waals surface area (Å²) in [5.74, 6) is -1.07. The molecule has 1 aromatic rings. The summed E-state index contributed by atoms with van der Waals surface area (Å²) in [5, 5.41) is 8.32. The minimum absolute atomic E-state index is 0.0297. The third-order valence-electron chi connectivity index (χ3n) is 1.35. The van der Waals surface area contributed by atoms with Gasteiger partial charge in [0.05, 0.1) is 12.6 Å². The van der Waals surface area contributed by atoms with Crippen molar-refractivity contribution in [1.82, 2.24) is 9.71 Å². The Kier molecular flexibility index (Phi) is 4.03. The van der Waals surface area contributed by atoms with Gasteiger partial charge in [-0.25, -0.2) is 18.1 Å². The van der Waals surface area contributed by atoms with Gasteiger partial charge in [0.15, 0.2) is 8.68 Å². The van der Waals surface area contributed by atoms with Crippen molar-refractivity contribution in [2.45, 2.75) is 10.6 Å². The number of hydrogen-bond donors (Lipinski definition) is 2. The number of halogens is 1. The lowest BCUT2D eigenvalue weighted by Gasteiger charge is -2.01. The standard InChI is InChI=1S/C6H7ClN2O4S2/c7-6-8-3-5(14-6)15(12,13)9-2-1-4(10)11/h3,9H,1-2H2,(H,10,11). The van der Waals surface area contributed by atoms with E-state index in [0.717, 1.165) is 17.5 Å². The quantitative estimate of drug-likeness (QED) is 0.814.